The Morgan fingerprint density at radius 2 is 2.25 bits per heavy atom. The minimum absolute atomic E-state index is 0.363. The highest BCUT2D eigenvalue weighted by molar-refractivity contribution is 5.86. The number of rotatable bonds is 3. The highest BCUT2D eigenvalue weighted by Gasteiger charge is 2.44. The van der Waals surface area contributed by atoms with Crippen LogP contribution in [0.25, 0.3) is 0 Å². The van der Waals surface area contributed by atoms with Crippen LogP contribution in [0.3, 0.4) is 0 Å². The Morgan fingerprint density at radius 1 is 1.58 bits per heavy atom. The van der Waals surface area contributed by atoms with Gasteiger partial charge in [-0.1, -0.05) is 0 Å². The molecule has 0 radical (unpaired) electrons. The molecule has 0 saturated heterocycles. The normalized spacial score (nSPS) is 18.2. The van der Waals surface area contributed by atoms with Gasteiger partial charge in [-0.2, -0.15) is 5.26 Å². The zero-order chi connectivity index (χ0) is 9.03. The number of nitrogens with one attached hydrogen (secondary N) is 2. The van der Waals surface area contributed by atoms with Crippen LogP contribution in [-0.4, -0.2) is 12.3 Å². The van der Waals surface area contributed by atoms with Gasteiger partial charge >= 0.3 is 0 Å². The van der Waals surface area contributed by atoms with E-state index in [9.17, 15) is 9.59 Å². The van der Waals surface area contributed by atoms with E-state index in [2.05, 4.69) is 5.43 Å². The van der Waals surface area contributed by atoms with E-state index >= 15 is 0 Å². The Hall–Kier alpha value is -1.57. The standard InChI is InChI=1S/C7H9N3O2/c8-4-7(2-1-3-7)6(12)10-9-5-11/h5H,1-3H2,(H,9,11)(H,10,12). The van der Waals surface area contributed by atoms with Crippen LogP contribution in [0, 0.1) is 16.7 Å². The molecular formula is C7H9N3O2. The molecule has 0 unspecified atom stereocenters. The van der Waals surface area contributed by atoms with Crippen molar-refractivity contribution in [1.29, 1.82) is 5.26 Å². The molecule has 64 valence electrons. The molecule has 1 rings (SSSR count). The maximum Gasteiger partial charge on any atom is 0.258 e. The zero-order valence-corrected chi connectivity index (χ0v) is 6.46. The molecule has 5 heteroatoms. The van der Waals surface area contributed by atoms with E-state index in [0.29, 0.717) is 19.3 Å². The lowest BCUT2D eigenvalue weighted by molar-refractivity contribution is -0.134. The monoisotopic (exact) mass is 167 g/mol. The fourth-order valence-corrected chi connectivity index (χ4v) is 1.13. The number of carbonyl (C=O) groups excluding carboxylic acids is 2. The van der Waals surface area contributed by atoms with Crippen LogP contribution in [-0.2, 0) is 9.59 Å². The summed E-state index contributed by atoms with van der Waals surface area (Å²) < 4.78 is 0. The van der Waals surface area contributed by atoms with Crippen LogP contribution in [0.1, 0.15) is 19.3 Å². The molecule has 1 fully saturated rings. The SMILES string of the molecule is N#CC1(C(=O)NNC=O)CCC1. The van der Waals surface area contributed by atoms with E-state index in [1.54, 1.807) is 0 Å². The lowest BCUT2D eigenvalue weighted by atomic mass is 9.69. The van der Waals surface area contributed by atoms with Gasteiger partial charge in [0.15, 0.2) is 0 Å². The van der Waals surface area contributed by atoms with Gasteiger partial charge in [0.2, 0.25) is 6.41 Å². The summed E-state index contributed by atoms with van der Waals surface area (Å²) in [4.78, 5) is 21.0. The number of amides is 2. The van der Waals surface area contributed by atoms with Crippen LogP contribution >= 0.6 is 0 Å². The van der Waals surface area contributed by atoms with Gasteiger partial charge in [-0.05, 0) is 19.3 Å². The quantitative estimate of drug-likeness (QED) is 0.437. The summed E-state index contributed by atoms with van der Waals surface area (Å²) in [7, 11) is 0. The van der Waals surface area contributed by atoms with Crippen molar-refractivity contribution in [2.75, 3.05) is 0 Å². The van der Waals surface area contributed by atoms with Gasteiger partial charge in [0.1, 0.15) is 5.41 Å². The second-order valence-corrected chi connectivity index (χ2v) is 2.76. The number of nitriles is 1. The molecule has 2 amide bonds. The first-order valence-corrected chi connectivity index (χ1v) is 3.66. The summed E-state index contributed by atoms with van der Waals surface area (Å²) in [6.07, 6.45) is 2.41. The fraction of sp³-hybridized carbons (Fsp3) is 0.571. The molecular weight excluding hydrogens is 158 g/mol. The molecule has 0 aromatic rings. The van der Waals surface area contributed by atoms with Crippen molar-refractivity contribution in [3.63, 3.8) is 0 Å². The lowest BCUT2D eigenvalue weighted by Gasteiger charge is -2.32. The van der Waals surface area contributed by atoms with E-state index in [0.717, 1.165) is 6.42 Å². The minimum atomic E-state index is -0.893. The summed E-state index contributed by atoms with van der Waals surface area (Å²) in [5.74, 6) is -0.414. The average molecular weight is 167 g/mol. The smallest absolute Gasteiger partial charge is 0.258 e. The molecule has 1 aliphatic rings. The number of nitrogens with zero attached hydrogens (tertiary/aromatic N) is 1. The van der Waals surface area contributed by atoms with E-state index < -0.39 is 11.3 Å². The third-order valence-electron chi connectivity index (χ3n) is 2.10. The topological polar surface area (TPSA) is 82.0 Å². The Morgan fingerprint density at radius 3 is 2.58 bits per heavy atom. The van der Waals surface area contributed by atoms with Crippen LogP contribution in [0.5, 0.6) is 0 Å². The molecule has 0 aliphatic heterocycles. The summed E-state index contributed by atoms with van der Waals surface area (Å²) in [6, 6.07) is 1.96. The molecule has 0 spiro atoms. The largest absolute Gasteiger partial charge is 0.277 e. The number of carbonyl (C=O) groups is 2. The summed E-state index contributed by atoms with van der Waals surface area (Å²) in [6.45, 7) is 0. The number of hydrogen-bond donors (Lipinski definition) is 2. The first-order valence-electron chi connectivity index (χ1n) is 3.66. The van der Waals surface area contributed by atoms with Crippen molar-refractivity contribution < 1.29 is 9.59 Å². The second-order valence-electron chi connectivity index (χ2n) is 2.76. The predicted octanol–water partition coefficient (Wildman–Crippen LogP) is -0.543. The van der Waals surface area contributed by atoms with E-state index in [4.69, 9.17) is 5.26 Å². The van der Waals surface area contributed by atoms with Gasteiger partial charge in [0, 0.05) is 0 Å². The van der Waals surface area contributed by atoms with Crippen molar-refractivity contribution in [1.82, 2.24) is 10.9 Å². The maximum absolute atomic E-state index is 11.2. The maximum atomic E-state index is 11.2. The highest BCUT2D eigenvalue weighted by Crippen LogP contribution is 2.40. The Kier molecular flexibility index (Phi) is 2.29. The van der Waals surface area contributed by atoms with E-state index in [-0.39, 0.29) is 0 Å². The van der Waals surface area contributed by atoms with Gasteiger partial charge < -0.3 is 0 Å². The van der Waals surface area contributed by atoms with Crippen LogP contribution < -0.4 is 10.9 Å². The Bertz CT molecular complexity index is 240. The zero-order valence-electron chi connectivity index (χ0n) is 6.46. The molecule has 0 atom stereocenters. The molecule has 0 aromatic heterocycles. The third-order valence-corrected chi connectivity index (χ3v) is 2.10. The third kappa shape index (κ3) is 1.23. The first-order chi connectivity index (χ1) is 5.75. The molecule has 1 saturated carbocycles. The van der Waals surface area contributed by atoms with Gasteiger partial charge in [-0.25, -0.2) is 0 Å². The second kappa shape index (κ2) is 3.22. The molecule has 1 aliphatic carbocycles. The summed E-state index contributed by atoms with van der Waals surface area (Å²) >= 11 is 0. The van der Waals surface area contributed by atoms with Crippen LogP contribution in [0.4, 0.5) is 0 Å². The van der Waals surface area contributed by atoms with Crippen molar-refractivity contribution >= 4 is 12.3 Å². The summed E-state index contributed by atoms with van der Waals surface area (Å²) in [5.41, 5.74) is 3.28. The summed E-state index contributed by atoms with van der Waals surface area (Å²) in [5, 5.41) is 8.68. The average Bonchev–Trinajstić information content (AvgIpc) is 2.00. The van der Waals surface area contributed by atoms with Crippen molar-refractivity contribution in [2.24, 2.45) is 5.41 Å². The number of hydrazine groups is 1. The molecule has 12 heavy (non-hydrogen) atoms. The molecule has 0 aromatic carbocycles. The highest BCUT2D eigenvalue weighted by atomic mass is 16.2. The lowest BCUT2D eigenvalue weighted by Crippen LogP contribution is -2.49. The Balaban J connectivity index is 2.50. The van der Waals surface area contributed by atoms with Crippen molar-refractivity contribution in [2.45, 2.75) is 19.3 Å². The van der Waals surface area contributed by atoms with E-state index in [1.807, 2.05) is 11.5 Å². The molecule has 0 heterocycles. The van der Waals surface area contributed by atoms with Gasteiger partial charge in [0.25, 0.3) is 5.91 Å². The predicted molar refractivity (Wildman–Crippen MR) is 39.2 cm³/mol. The van der Waals surface area contributed by atoms with E-state index in [1.165, 1.54) is 0 Å². The fourth-order valence-electron chi connectivity index (χ4n) is 1.13. The van der Waals surface area contributed by atoms with Crippen molar-refractivity contribution in [3.05, 3.63) is 0 Å². The molecule has 0 bridgehead atoms. The molecule has 2 N–H and O–H groups in total. The molecule has 5 nitrogen and oxygen atoms in total. The van der Waals surface area contributed by atoms with Crippen LogP contribution in [0.2, 0.25) is 0 Å². The Labute approximate surface area is 69.7 Å². The van der Waals surface area contributed by atoms with Gasteiger partial charge in [-0.15, -0.1) is 0 Å². The number of hydrogen-bond acceptors (Lipinski definition) is 3. The minimum Gasteiger partial charge on any atom is -0.277 e. The van der Waals surface area contributed by atoms with Crippen molar-refractivity contribution in [3.8, 4) is 6.07 Å². The van der Waals surface area contributed by atoms with Gasteiger partial charge in [-0.3, -0.25) is 20.4 Å². The first kappa shape index (κ1) is 8.53. The van der Waals surface area contributed by atoms with Gasteiger partial charge in [0.05, 0.1) is 6.07 Å². The van der Waals surface area contributed by atoms with Crippen LogP contribution in [0.15, 0.2) is 0 Å².